The summed E-state index contributed by atoms with van der Waals surface area (Å²) in [4.78, 5) is 24.6. The molecule has 0 saturated carbocycles. The Kier molecular flexibility index (Phi) is 7.80. The molecule has 0 spiro atoms. The van der Waals surface area contributed by atoms with E-state index in [0.29, 0.717) is 23.4 Å². The minimum absolute atomic E-state index is 0.0114. The highest BCUT2D eigenvalue weighted by Gasteiger charge is 2.14. The number of carbonyl (C=O) groups is 2. The molecule has 0 aliphatic rings. The van der Waals surface area contributed by atoms with Crippen molar-refractivity contribution >= 4 is 23.2 Å². The van der Waals surface area contributed by atoms with Gasteiger partial charge in [-0.05, 0) is 47.7 Å². The van der Waals surface area contributed by atoms with E-state index in [2.05, 4.69) is 38.3 Å². The van der Waals surface area contributed by atoms with Crippen molar-refractivity contribution in [2.75, 3.05) is 10.6 Å². The summed E-state index contributed by atoms with van der Waals surface area (Å²) in [7, 11) is 0. The van der Waals surface area contributed by atoms with Crippen LogP contribution in [0.1, 0.15) is 75.7 Å². The second-order valence-corrected chi connectivity index (χ2v) is 8.22. The lowest BCUT2D eigenvalue weighted by atomic mass is 9.87. The molecule has 0 aromatic heterocycles. The highest BCUT2D eigenvalue weighted by atomic mass is 16.2. The fraction of sp³-hybridized carbons (Fsp3) is 0.417. The summed E-state index contributed by atoms with van der Waals surface area (Å²) >= 11 is 0. The summed E-state index contributed by atoms with van der Waals surface area (Å²) in [5.41, 5.74) is 3.21. The Morgan fingerprint density at radius 1 is 0.857 bits per heavy atom. The lowest BCUT2D eigenvalue weighted by Gasteiger charge is -2.19. The van der Waals surface area contributed by atoms with Crippen LogP contribution in [0.25, 0.3) is 0 Å². The molecule has 150 valence electrons. The molecule has 2 N–H and O–H groups in total. The molecule has 0 atom stereocenters. The molecule has 0 fully saturated rings. The van der Waals surface area contributed by atoms with Crippen LogP contribution in [0, 0.1) is 0 Å². The molecule has 0 saturated heterocycles. The van der Waals surface area contributed by atoms with E-state index in [1.807, 2.05) is 42.5 Å². The molecule has 2 aromatic carbocycles. The number of amides is 2. The van der Waals surface area contributed by atoms with Crippen molar-refractivity contribution in [2.24, 2.45) is 0 Å². The van der Waals surface area contributed by atoms with Crippen LogP contribution in [0.5, 0.6) is 0 Å². The van der Waals surface area contributed by atoms with Gasteiger partial charge in [0.2, 0.25) is 5.91 Å². The van der Waals surface area contributed by atoms with Crippen LogP contribution < -0.4 is 10.6 Å². The third-order valence-corrected chi connectivity index (χ3v) is 4.67. The molecule has 2 aromatic rings. The lowest BCUT2D eigenvalue weighted by Crippen LogP contribution is -2.15. The van der Waals surface area contributed by atoms with Crippen molar-refractivity contribution < 1.29 is 9.59 Å². The van der Waals surface area contributed by atoms with Crippen molar-refractivity contribution in [1.29, 1.82) is 0 Å². The number of hydrogen-bond donors (Lipinski definition) is 2. The van der Waals surface area contributed by atoms with Gasteiger partial charge in [0.1, 0.15) is 0 Å². The molecule has 4 heteroatoms. The van der Waals surface area contributed by atoms with Gasteiger partial charge < -0.3 is 10.6 Å². The Morgan fingerprint density at radius 2 is 1.50 bits per heavy atom. The molecule has 0 radical (unpaired) electrons. The van der Waals surface area contributed by atoms with Gasteiger partial charge in [-0.3, -0.25) is 9.59 Å². The van der Waals surface area contributed by atoms with Gasteiger partial charge in [-0.25, -0.2) is 0 Å². The number of carbonyl (C=O) groups excluding carboxylic acids is 2. The van der Waals surface area contributed by atoms with Gasteiger partial charge in [0.05, 0.1) is 0 Å². The summed E-state index contributed by atoms with van der Waals surface area (Å²) < 4.78 is 0. The highest BCUT2D eigenvalue weighted by Crippen LogP contribution is 2.23. The van der Waals surface area contributed by atoms with E-state index in [1.54, 1.807) is 6.07 Å². The first-order valence-electron chi connectivity index (χ1n) is 10.1. The highest BCUT2D eigenvalue weighted by molar-refractivity contribution is 6.04. The third-order valence-electron chi connectivity index (χ3n) is 4.67. The minimum atomic E-state index is -0.163. The SMILES string of the molecule is CCCCCCC(=O)Nc1cccc(NC(=O)c2ccc(C(C)(C)C)cc2)c1. The first-order valence-corrected chi connectivity index (χ1v) is 10.1. The molecular weight excluding hydrogens is 348 g/mol. The quantitative estimate of drug-likeness (QED) is 0.540. The average molecular weight is 381 g/mol. The van der Waals surface area contributed by atoms with Crippen LogP contribution in [0.2, 0.25) is 0 Å². The van der Waals surface area contributed by atoms with Crippen molar-refractivity contribution in [3.63, 3.8) is 0 Å². The zero-order chi connectivity index (χ0) is 20.6. The van der Waals surface area contributed by atoms with Crippen LogP contribution >= 0.6 is 0 Å². The van der Waals surface area contributed by atoms with Crippen LogP contribution in [-0.2, 0) is 10.2 Å². The molecule has 2 rings (SSSR count). The Hall–Kier alpha value is -2.62. The molecule has 0 aliphatic carbocycles. The van der Waals surface area contributed by atoms with E-state index in [9.17, 15) is 9.59 Å². The summed E-state index contributed by atoms with van der Waals surface area (Å²) in [6, 6.07) is 14.9. The standard InChI is InChI=1S/C24H32N2O2/c1-5-6-7-8-12-22(27)25-20-10-9-11-21(17-20)26-23(28)18-13-15-19(16-14-18)24(2,3)4/h9-11,13-17H,5-8,12H2,1-4H3,(H,25,27)(H,26,28). The van der Waals surface area contributed by atoms with E-state index in [4.69, 9.17) is 0 Å². The van der Waals surface area contributed by atoms with E-state index >= 15 is 0 Å². The average Bonchev–Trinajstić information content (AvgIpc) is 2.65. The molecule has 0 unspecified atom stereocenters. The van der Waals surface area contributed by atoms with Gasteiger partial charge >= 0.3 is 0 Å². The molecule has 0 bridgehead atoms. The van der Waals surface area contributed by atoms with Gasteiger partial charge in [0, 0.05) is 23.4 Å². The topological polar surface area (TPSA) is 58.2 Å². The number of nitrogens with one attached hydrogen (secondary N) is 2. The fourth-order valence-corrected chi connectivity index (χ4v) is 2.94. The van der Waals surface area contributed by atoms with Crippen molar-refractivity contribution in [2.45, 2.75) is 65.2 Å². The first-order chi connectivity index (χ1) is 13.3. The predicted molar refractivity (Wildman–Crippen MR) is 117 cm³/mol. The van der Waals surface area contributed by atoms with Gasteiger partial charge in [0.15, 0.2) is 0 Å². The molecule has 28 heavy (non-hydrogen) atoms. The Bertz CT molecular complexity index is 789. The lowest BCUT2D eigenvalue weighted by molar-refractivity contribution is -0.116. The van der Waals surface area contributed by atoms with E-state index in [0.717, 1.165) is 25.7 Å². The van der Waals surface area contributed by atoms with Gasteiger partial charge in [-0.1, -0.05) is 65.2 Å². The third kappa shape index (κ3) is 6.84. The molecule has 0 aliphatic heterocycles. The second kappa shape index (κ2) is 10.1. The maximum absolute atomic E-state index is 12.5. The molecule has 0 heterocycles. The van der Waals surface area contributed by atoms with Crippen LogP contribution in [0.4, 0.5) is 11.4 Å². The summed E-state index contributed by atoms with van der Waals surface area (Å²) in [5, 5.41) is 5.81. The van der Waals surface area contributed by atoms with Gasteiger partial charge in [-0.15, -0.1) is 0 Å². The maximum Gasteiger partial charge on any atom is 0.255 e. The molecule has 4 nitrogen and oxygen atoms in total. The summed E-state index contributed by atoms with van der Waals surface area (Å²) in [6.45, 7) is 8.59. The van der Waals surface area contributed by atoms with Crippen molar-refractivity contribution in [3.8, 4) is 0 Å². The smallest absolute Gasteiger partial charge is 0.255 e. The number of hydrogen-bond acceptors (Lipinski definition) is 2. The first kappa shape index (κ1) is 21.7. The van der Waals surface area contributed by atoms with Gasteiger partial charge in [-0.2, -0.15) is 0 Å². The molecular formula is C24H32N2O2. The van der Waals surface area contributed by atoms with Crippen molar-refractivity contribution in [3.05, 3.63) is 59.7 Å². The normalized spacial score (nSPS) is 11.1. The van der Waals surface area contributed by atoms with Crippen LogP contribution in [0.3, 0.4) is 0 Å². The fourth-order valence-electron chi connectivity index (χ4n) is 2.94. The largest absolute Gasteiger partial charge is 0.326 e. The zero-order valence-electron chi connectivity index (χ0n) is 17.5. The van der Waals surface area contributed by atoms with E-state index in [1.165, 1.54) is 5.56 Å². The predicted octanol–water partition coefficient (Wildman–Crippen LogP) is 6.15. The number of unbranched alkanes of at least 4 members (excludes halogenated alkanes) is 3. The Labute approximate surface area is 168 Å². The van der Waals surface area contributed by atoms with E-state index < -0.39 is 0 Å². The Morgan fingerprint density at radius 3 is 2.11 bits per heavy atom. The van der Waals surface area contributed by atoms with Crippen LogP contribution in [-0.4, -0.2) is 11.8 Å². The number of rotatable bonds is 8. The summed E-state index contributed by atoms with van der Waals surface area (Å²) in [6.07, 6.45) is 4.82. The Balaban J connectivity index is 1.94. The zero-order valence-corrected chi connectivity index (χ0v) is 17.5. The van der Waals surface area contributed by atoms with Crippen molar-refractivity contribution in [1.82, 2.24) is 0 Å². The summed E-state index contributed by atoms with van der Waals surface area (Å²) in [5.74, 6) is -0.152. The second-order valence-electron chi connectivity index (χ2n) is 8.22. The minimum Gasteiger partial charge on any atom is -0.326 e. The maximum atomic E-state index is 12.5. The van der Waals surface area contributed by atoms with Gasteiger partial charge in [0.25, 0.3) is 5.91 Å². The monoisotopic (exact) mass is 380 g/mol. The van der Waals surface area contributed by atoms with E-state index in [-0.39, 0.29) is 17.2 Å². The van der Waals surface area contributed by atoms with Crippen LogP contribution in [0.15, 0.2) is 48.5 Å². The number of benzene rings is 2. The molecule has 2 amide bonds. The number of anilines is 2.